The molecule has 0 aliphatic heterocycles. The molecule has 0 fully saturated rings. The van der Waals surface area contributed by atoms with Gasteiger partial charge in [0, 0.05) is 6.20 Å². The Kier molecular flexibility index (Phi) is 2.30. The summed E-state index contributed by atoms with van der Waals surface area (Å²) in [6.45, 7) is 0. The highest BCUT2D eigenvalue weighted by molar-refractivity contribution is 7.89. The first-order chi connectivity index (χ1) is 5.56. The zero-order valence-corrected chi connectivity index (χ0v) is 7.30. The summed E-state index contributed by atoms with van der Waals surface area (Å²) >= 11 is 0. The summed E-state index contributed by atoms with van der Waals surface area (Å²) in [5.74, 6) is 0.296. The summed E-state index contributed by atoms with van der Waals surface area (Å²) in [4.78, 5) is 3.76. The molecule has 0 radical (unpaired) electrons. The Morgan fingerprint density at radius 2 is 2.17 bits per heavy atom. The molecule has 1 aromatic rings. The number of hydrogen-bond donors (Lipinski definition) is 2. The highest BCUT2D eigenvalue weighted by Crippen LogP contribution is 2.07. The SMILES string of the molecule is CNS(=O)(=O)c1ccc(N)nc1. The second-order valence-electron chi connectivity index (χ2n) is 2.13. The van der Waals surface area contributed by atoms with Crippen LogP contribution in [0.1, 0.15) is 0 Å². The molecule has 0 atom stereocenters. The van der Waals surface area contributed by atoms with E-state index in [2.05, 4.69) is 9.71 Å². The fourth-order valence-corrected chi connectivity index (χ4v) is 1.34. The van der Waals surface area contributed by atoms with Crippen molar-refractivity contribution < 1.29 is 8.42 Å². The lowest BCUT2D eigenvalue weighted by molar-refractivity contribution is 0.588. The van der Waals surface area contributed by atoms with Gasteiger partial charge in [0.2, 0.25) is 10.0 Å². The van der Waals surface area contributed by atoms with Crippen molar-refractivity contribution in [2.75, 3.05) is 12.8 Å². The van der Waals surface area contributed by atoms with Crippen LogP contribution in [0, 0.1) is 0 Å². The molecule has 0 unspecified atom stereocenters. The van der Waals surface area contributed by atoms with E-state index in [4.69, 9.17) is 5.73 Å². The Labute approximate surface area is 70.7 Å². The molecule has 0 aliphatic carbocycles. The number of pyridine rings is 1. The molecule has 1 heterocycles. The zero-order valence-electron chi connectivity index (χ0n) is 6.48. The van der Waals surface area contributed by atoms with E-state index >= 15 is 0 Å². The third-order valence-corrected chi connectivity index (χ3v) is 2.74. The van der Waals surface area contributed by atoms with Gasteiger partial charge < -0.3 is 5.73 Å². The number of anilines is 1. The first-order valence-electron chi connectivity index (χ1n) is 3.21. The fourth-order valence-electron chi connectivity index (χ4n) is 0.669. The first kappa shape index (κ1) is 8.95. The molecule has 0 aliphatic rings. The molecule has 0 spiro atoms. The van der Waals surface area contributed by atoms with E-state index < -0.39 is 10.0 Å². The minimum atomic E-state index is -3.38. The van der Waals surface area contributed by atoms with Crippen molar-refractivity contribution in [3.63, 3.8) is 0 Å². The van der Waals surface area contributed by atoms with Crippen LogP contribution in [0.3, 0.4) is 0 Å². The molecular formula is C6H9N3O2S. The van der Waals surface area contributed by atoms with E-state index in [-0.39, 0.29) is 4.90 Å². The first-order valence-corrected chi connectivity index (χ1v) is 4.69. The predicted octanol–water partition coefficient (Wildman–Crippen LogP) is -0.428. The Balaban J connectivity index is 3.14. The van der Waals surface area contributed by atoms with Gasteiger partial charge >= 0.3 is 0 Å². The van der Waals surface area contributed by atoms with Crippen molar-refractivity contribution in [3.05, 3.63) is 18.3 Å². The Bertz CT molecular complexity index is 357. The molecular weight excluding hydrogens is 178 g/mol. The van der Waals surface area contributed by atoms with Crippen LogP contribution in [0.2, 0.25) is 0 Å². The van der Waals surface area contributed by atoms with Crippen molar-refractivity contribution >= 4 is 15.8 Å². The highest BCUT2D eigenvalue weighted by Gasteiger charge is 2.10. The third-order valence-electron chi connectivity index (χ3n) is 1.34. The van der Waals surface area contributed by atoms with Crippen molar-refractivity contribution in [2.45, 2.75) is 4.90 Å². The van der Waals surface area contributed by atoms with Crippen molar-refractivity contribution in [1.29, 1.82) is 0 Å². The highest BCUT2D eigenvalue weighted by atomic mass is 32.2. The summed E-state index contributed by atoms with van der Waals surface area (Å²) in [6.07, 6.45) is 1.21. The van der Waals surface area contributed by atoms with E-state index in [1.54, 1.807) is 0 Å². The van der Waals surface area contributed by atoms with Crippen LogP contribution in [0.4, 0.5) is 5.82 Å². The topological polar surface area (TPSA) is 85.1 Å². The van der Waals surface area contributed by atoms with Gasteiger partial charge in [-0.05, 0) is 19.2 Å². The number of nitrogens with zero attached hydrogens (tertiary/aromatic N) is 1. The maximum atomic E-state index is 11.1. The van der Waals surface area contributed by atoms with E-state index in [1.165, 1.54) is 25.4 Å². The van der Waals surface area contributed by atoms with Gasteiger partial charge in [0.1, 0.15) is 10.7 Å². The molecule has 1 rings (SSSR count). The van der Waals surface area contributed by atoms with Gasteiger partial charge in [0.25, 0.3) is 0 Å². The average molecular weight is 187 g/mol. The molecule has 0 saturated carbocycles. The van der Waals surface area contributed by atoms with Crippen LogP contribution in [0.5, 0.6) is 0 Å². The maximum absolute atomic E-state index is 11.1. The zero-order chi connectivity index (χ0) is 9.19. The summed E-state index contributed by atoms with van der Waals surface area (Å²) in [5.41, 5.74) is 5.29. The second kappa shape index (κ2) is 3.08. The number of nitrogens with one attached hydrogen (secondary N) is 1. The second-order valence-corrected chi connectivity index (χ2v) is 4.01. The van der Waals surface area contributed by atoms with Crippen LogP contribution >= 0.6 is 0 Å². The van der Waals surface area contributed by atoms with Gasteiger partial charge in [-0.1, -0.05) is 0 Å². The fraction of sp³-hybridized carbons (Fsp3) is 0.167. The van der Waals surface area contributed by atoms with Crippen LogP contribution in [-0.4, -0.2) is 20.4 Å². The monoisotopic (exact) mass is 187 g/mol. The largest absolute Gasteiger partial charge is 0.384 e. The molecule has 12 heavy (non-hydrogen) atoms. The number of hydrogen-bond acceptors (Lipinski definition) is 4. The van der Waals surface area contributed by atoms with Gasteiger partial charge in [-0.25, -0.2) is 18.1 Å². The average Bonchev–Trinajstić information content (AvgIpc) is 2.05. The molecule has 5 nitrogen and oxygen atoms in total. The number of nitrogen functional groups attached to an aromatic ring is 1. The predicted molar refractivity (Wildman–Crippen MR) is 44.9 cm³/mol. The van der Waals surface area contributed by atoms with E-state index in [0.717, 1.165) is 0 Å². The standard InChI is InChI=1S/C6H9N3O2S/c1-8-12(10,11)5-2-3-6(7)9-4-5/h2-4,8H,1H3,(H2,7,9). The van der Waals surface area contributed by atoms with Gasteiger partial charge in [0.05, 0.1) is 0 Å². The normalized spacial score (nSPS) is 11.4. The lowest BCUT2D eigenvalue weighted by Crippen LogP contribution is -2.18. The minimum Gasteiger partial charge on any atom is -0.384 e. The summed E-state index contributed by atoms with van der Waals surface area (Å²) < 4.78 is 24.4. The minimum absolute atomic E-state index is 0.110. The molecule has 0 amide bonds. The molecule has 0 bridgehead atoms. The molecule has 66 valence electrons. The number of aromatic nitrogens is 1. The lowest BCUT2D eigenvalue weighted by atomic mass is 10.5. The van der Waals surface area contributed by atoms with E-state index in [9.17, 15) is 8.42 Å². The van der Waals surface area contributed by atoms with Gasteiger partial charge in [0.15, 0.2) is 0 Å². The molecule has 3 N–H and O–H groups in total. The number of sulfonamides is 1. The number of nitrogens with two attached hydrogens (primary N) is 1. The van der Waals surface area contributed by atoms with E-state index in [0.29, 0.717) is 5.82 Å². The van der Waals surface area contributed by atoms with Gasteiger partial charge in [-0.2, -0.15) is 0 Å². The molecule has 6 heteroatoms. The number of rotatable bonds is 2. The Hall–Kier alpha value is -1.14. The molecule has 1 aromatic heterocycles. The summed E-state index contributed by atoms with van der Waals surface area (Å²) in [5, 5.41) is 0. The van der Waals surface area contributed by atoms with Crippen LogP contribution < -0.4 is 10.5 Å². The van der Waals surface area contributed by atoms with Gasteiger partial charge in [-0.3, -0.25) is 0 Å². The van der Waals surface area contributed by atoms with Crippen molar-refractivity contribution in [3.8, 4) is 0 Å². The Morgan fingerprint density at radius 3 is 2.58 bits per heavy atom. The summed E-state index contributed by atoms with van der Waals surface area (Å²) in [7, 11) is -2.04. The third kappa shape index (κ3) is 1.72. The Morgan fingerprint density at radius 1 is 1.50 bits per heavy atom. The lowest BCUT2D eigenvalue weighted by Gasteiger charge is -2.00. The summed E-state index contributed by atoms with van der Waals surface area (Å²) in [6, 6.07) is 2.83. The van der Waals surface area contributed by atoms with E-state index in [1.807, 2.05) is 0 Å². The smallest absolute Gasteiger partial charge is 0.241 e. The van der Waals surface area contributed by atoms with Crippen LogP contribution in [0.15, 0.2) is 23.2 Å². The van der Waals surface area contributed by atoms with Crippen LogP contribution in [0.25, 0.3) is 0 Å². The molecule has 0 saturated heterocycles. The van der Waals surface area contributed by atoms with Gasteiger partial charge in [-0.15, -0.1) is 0 Å². The maximum Gasteiger partial charge on any atom is 0.241 e. The van der Waals surface area contributed by atoms with Crippen LogP contribution in [-0.2, 0) is 10.0 Å². The quantitative estimate of drug-likeness (QED) is 0.658. The molecule has 0 aromatic carbocycles. The van der Waals surface area contributed by atoms with Crippen molar-refractivity contribution in [2.24, 2.45) is 0 Å². The van der Waals surface area contributed by atoms with Crippen molar-refractivity contribution in [1.82, 2.24) is 9.71 Å².